The van der Waals surface area contributed by atoms with Gasteiger partial charge in [-0.05, 0) is 70.9 Å². The number of hydrogen-bond donors (Lipinski definition) is 4. The number of carboxylic acid groups (broad SMARTS) is 2. The van der Waals surface area contributed by atoms with Gasteiger partial charge in [0.2, 0.25) is 0 Å². The summed E-state index contributed by atoms with van der Waals surface area (Å²) in [5, 5.41) is 37.4. The van der Waals surface area contributed by atoms with Gasteiger partial charge in [0, 0.05) is 12.8 Å². The molecule has 40 heavy (non-hydrogen) atoms. The summed E-state index contributed by atoms with van der Waals surface area (Å²) in [6.45, 7) is 33.9. The number of aliphatic carboxylic acids is 2. The Bertz CT molecular complexity index is 983. The number of phenols is 2. The molecule has 0 heterocycles. The van der Waals surface area contributed by atoms with Crippen LogP contribution in [0.1, 0.15) is 87.8 Å². The van der Waals surface area contributed by atoms with Crippen molar-refractivity contribution in [2.45, 2.75) is 91.9 Å². The first-order valence-electron chi connectivity index (χ1n) is 13.0. The molecule has 0 aliphatic rings. The van der Waals surface area contributed by atoms with Crippen LogP contribution in [0.15, 0.2) is 63.7 Å². The summed E-state index contributed by atoms with van der Waals surface area (Å²) < 4.78 is 0. The van der Waals surface area contributed by atoms with E-state index >= 15 is 0 Å². The molecule has 0 aliphatic heterocycles. The fourth-order valence-corrected chi connectivity index (χ4v) is 3.64. The average Bonchev–Trinajstić information content (AvgIpc) is 2.87. The molecule has 0 fully saturated rings. The van der Waals surface area contributed by atoms with Crippen LogP contribution >= 0.6 is 0 Å². The minimum absolute atomic E-state index is 0.119. The fourth-order valence-electron chi connectivity index (χ4n) is 3.64. The molecule has 0 spiro atoms. The number of carboxylic acids is 2. The van der Waals surface area contributed by atoms with E-state index in [1.165, 1.54) is 0 Å². The van der Waals surface area contributed by atoms with Gasteiger partial charge >= 0.3 is 11.9 Å². The molecule has 224 valence electrons. The van der Waals surface area contributed by atoms with Crippen LogP contribution in [0.3, 0.4) is 0 Å². The minimum atomic E-state index is -0.798. The van der Waals surface area contributed by atoms with Crippen molar-refractivity contribution < 1.29 is 30.0 Å². The van der Waals surface area contributed by atoms with Crippen molar-refractivity contribution in [2.75, 3.05) is 0 Å². The number of benzene rings is 2. The largest absolute Gasteiger partial charge is 0.507 e. The zero-order valence-electron chi connectivity index (χ0n) is 26.0. The highest BCUT2D eigenvalue weighted by molar-refractivity contribution is 5.67. The van der Waals surface area contributed by atoms with Crippen molar-refractivity contribution >= 4 is 11.9 Å². The Morgan fingerprint density at radius 1 is 0.600 bits per heavy atom. The van der Waals surface area contributed by atoms with Gasteiger partial charge < -0.3 is 20.4 Å². The molecular formula is C34H52O6. The molecule has 0 bridgehead atoms. The number of aromatic hydroxyl groups is 2. The van der Waals surface area contributed by atoms with Gasteiger partial charge in [-0.2, -0.15) is 0 Å². The van der Waals surface area contributed by atoms with Crippen LogP contribution in [0.4, 0.5) is 0 Å². The minimum Gasteiger partial charge on any atom is -0.507 e. The van der Waals surface area contributed by atoms with E-state index in [2.05, 4.69) is 39.5 Å². The quantitative estimate of drug-likeness (QED) is 0.265. The smallest absolute Gasteiger partial charge is 0.303 e. The third kappa shape index (κ3) is 15.0. The Labute approximate surface area is 242 Å². The highest BCUT2D eigenvalue weighted by Gasteiger charge is 2.21. The molecule has 0 saturated carbocycles. The van der Waals surface area contributed by atoms with Gasteiger partial charge in [-0.3, -0.25) is 9.59 Å². The van der Waals surface area contributed by atoms with Crippen LogP contribution in [-0.2, 0) is 33.3 Å². The van der Waals surface area contributed by atoms with Crippen LogP contribution in [0.2, 0.25) is 0 Å². The summed E-state index contributed by atoms with van der Waals surface area (Å²) >= 11 is 0. The van der Waals surface area contributed by atoms with E-state index in [4.69, 9.17) is 10.2 Å². The van der Waals surface area contributed by atoms with Gasteiger partial charge in [0.1, 0.15) is 11.5 Å². The van der Waals surface area contributed by atoms with E-state index in [0.717, 1.165) is 33.4 Å². The fraction of sp³-hybridized carbons (Fsp3) is 0.412. The summed E-state index contributed by atoms with van der Waals surface area (Å²) in [6.07, 6.45) is 1.24. The second kappa shape index (κ2) is 19.3. The van der Waals surface area contributed by atoms with E-state index in [9.17, 15) is 19.8 Å². The van der Waals surface area contributed by atoms with Crippen LogP contribution in [0, 0.1) is 13.8 Å². The third-order valence-electron chi connectivity index (χ3n) is 5.59. The number of phenolic OH excluding ortho intramolecular Hbond substituents is 2. The molecule has 0 aromatic heterocycles. The average molecular weight is 557 g/mol. The Kier molecular flexibility index (Phi) is 19.6. The molecule has 0 saturated heterocycles. The number of hydrogen-bond acceptors (Lipinski definition) is 4. The first-order chi connectivity index (χ1) is 18.4. The highest BCUT2D eigenvalue weighted by Crippen LogP contribution is 2.35. The molecule has 6 nitrogen and oxygen atoms in total. The molecule has 2 rings (SSSR count). The van der Waals surface area contributed by atoms with Gasteiger partial charge in [-0.1, -0.05) is 65.8 Å². The lowest BCUT2D eigenvalue weighted by Gasteiger charge is -2.22. The summed E-state index contributed by atoms with van der Waals surface area (Å²) in [7, 11) is 0. The number of rotatable bonds is 6. The monoisotopic (exact) mass is 556 g/mol. The van der Waals surface area contributed by atoms with Gasteiger partial charge in [0.05, 0.1) is 0 Å². The van der Waals surface area contributed by atoms with Crippen molar-refractivity contribution in [3.05, 3.63) is 97.1 Å². The Morgan fingerprint density at radius 3 is 1.05 bits per heavy atom. The molecule has 2 aromatic rings. The lowest BCUT2D eigenvalue weighted by molar-refractivity contribution is -0.138. The van der Waals surface area contributed by atoms with E-state index in [1.807, 2.05) is 79.7 Å². The Balaban J connectivity index is -0.000000576. The third-order valence-corrected chi connectivity index (χ3v) is 5.59. The lowest BCUT2D eigenvalue weighted by atomic mass is 9.83. The molecule has 4 N–H and O–H groups in total. The summed E-state index contributed by atoms with van der Waals surface area (Å²) in [4.78, 5) is 21.1. The van der Waals surface area contributed by atoms with Crippen LogP contribution in [0.25, 0.3) is 0 Å². The molecule has 0 radical (unpaired) electrons. The maximum Gasteiger partial charge on any atom is 0.303 e. The molecular weight excluding hydrogens is 504 g/mol. The standard InChI is InChI=1S/2C14H20O3.3C2H4/c2*1-9-7-10(5-6-12(15)16)8-11(13(9)17)14(2,3)4;3*1-2/h2*7-8,17H,5-6H2,1-4H3,(H,15,16);3*1-2H2. The molecule has 0 atom stereocenters. The van der Waals surface area contributed by atoms with Crippen LogP contribution < -0.4 is 0 Å². The Morgan fingerprint density at radius 2 is 0.850 bits per heavy atom. The van der Waals surface area contributed by atoms with Gasteiger partial charge in [0.15, 0.2) is 0 Å². The molecule has 0 unspecified atom stereocenters. The zero-order valence-corrected chi connectivity index (χ0v) is 26.0. The predicted octanol–water partition coefficient (Wildman–Crippen LogP) is 8.44. The van der Waals surface area contributed by atoms with Crippen LogP contribution in [0.5, 0.6) is 11.5 Å². The molecule has 2 aromatic carbocycles. The number of aryl methyl sites for hydroxylation is 4. The maximum absolute atomic E-state index is 10.6. The summed E-state index contributed by atoms with van der Waals surface area (Å²) in [5.74, 6) is -0.964. The maximum atomic E-state index is 10.6. The molecule has 0 aliphatic carbocycles. The van der Waals surface area contributed by atoms with Crippen molar-refractivity contribution in [3.8, 4) is 11.5 Å². The second-order valence-electron chi connectivity index (χ2n) is 10.9. The van der Waals surface area contributed by atoms with E-state index < -0.39 is 11.9 Å². The lowest BCUT2D eigenvalue weighted by Crippen LogP contribution is -2.12. The van der Waals surface area contributed by atoms with E-state index in [-0.39, 0.29) is 23.7 Å². The Hall–Kier alpha value is -3.80. The molecule has 0 amide bonds. The highest BCUT2D eigenvalue weighted by atomic mass is 16.4. The summed E-state index contributed by atoms with van der Waals surface area (Å²) in [5.41, 5.74) is 4.99. The summed E-state index contributed by atoms with van der Waals surface area (Å²) in [6, 6.07) is 7.53. The van der Waals surface area contributed by atoms with Crippen molar-refractivity contribution in [1.29, 1.82) is 0 Å². The normalized spacial score (nSPS) is 10.1. The van der Waals surface area contributed by atoms with Crippen molar-refractivity contribution in [1.82, 2.24) is 0 Å². The SMILES string of the molecule is C=C.C=C.C=C.Cc1cc(CCC(=O)O)cc(C(C)(C)C)c1O.Cc1cc(CCC(=O)O)cc(C(C)(C)C)c1O. The number of carbonyl (C=O) groups is 2. The van der Waals surface area contributed by atoms with Crippen LogP contribution in [-0.4, -0.2) is 32.4 Å². The molecule has 6 heteroatoms. The predicted molar refractivity (Wildman–Crippen MR) is 169 cm³/mol. The topological polar surface area (TPSA) is 115 Å². The zero-order chi connectivity index (χ0) is 32.4. The van der Waals surface area contributed by atoms with Gasteiger partial charge in [-0.25, -0.2) is 0 Å². The van der Waals surface area contributed by atoms with Crippen molar-refractivity contribution in [2.24, 2.45) is 0 Å². The van der Waals surface area contributed by atoms with Gasteiger partial charge in [0.25, 0.3) is 0 Å². The first-order valence-corrected chi connectivity index (χ1v) is 13.0. The first kappa shape index (κ1) is 40.7. The van der Waals surface area contributed by atoms with Gasteiger partial charge in [-0.15, -0.1) is 39.5 Å². The van der Waals surface area contributed by atoms with Crippen molar-refractivity contribution in [3.63, 3.8) is 0 Å². The second-order valence-corrected chi connectivity index (χ2v) is 10.9. The van der Waals surface area contributed by atoms with E-state index in [0.29, 0.717) is 24.3 Å². The van der Waals surface area contributed by atoms with E-state index in [1.54, 1.807) is 0 Å².